The number of hydrogen-bond acceptors (Lipinski definition) is 4. The number of carbonyl (C=O) groups is 1. The Morgan fingerprint density at radius 3 is 2.42 bits per heavy atom. The number of fused-ring (bicyclic) bond motifs is 1. The van der Waals surface area contributed by atoms with Gasteiger partial charge in [0.05, 0.1) is 11.2 Å². The highest BCUT2D eigenvalue weighted by Crippen LogP contribution is 2.34. The standard InChI is InChI=1S/C24H24ClN5O/c1-29(2)14-13-26-24(31)23-28-22-20(30(23)3)15-19(16-9-11-18(25)12-10-16)21(27-22)17-7-5-4-6-8-17/h4-12,15H,13-14H2,1-3H3,(H,26,31). The summed E-state index contributed by atoms with van der Waals surface area (Å²) in [7, 11) is 5.77. The number of nitrogens with one attached hydrogen (secondary N) is 1. The number of aromatic nitrogens is 3. The highest BCUT2D eigenvalue weighted by molar-refractivity contribution is 6.30. The normalized spacial score (nSPS) is 11.3. The summed E-state index contributed by atoms with van der Waals surface area (Å²) in [6.45, 7) is 1.31. The summed E-state index contributed by atoms with van der Waals surface area (Å²) in [5.41, 5.74) is 5.08. The molecule has 4 rings (SSSR count). The maximum absolute atomic E-state index is 12.7. The van der Waals surface area contributed by atoms with Crippen molar-refractivity contribution in [3.05, 3.63) is 71.5 Å². The first-order chi connectivity index (χ1) is 14.9. The Labute approximate surface area is 186 Å². The third-order valence-electron chi connectivity index (χ3n) is 5.12. The average Bonchev–Trinajstić information content (AvgIpc) is 3.09. The third-order valence-corrected chi connectivity index (χ3v) is 5.38. The molecule has 0 aliphatic rings. The topological polar surface area (TPSA) is 63.1 Å². The highest BCUT2D eigenvalue weighted by atomic mass is 35.5. The van der Waals surface area contributed by atoms with E-state index < -0.39 is 0 Å². The third kappa shape index (κ3) is 4.45. The van der Waals surface area contributed by atoms with Crippen LogP contribution in [0.2, 0.25) is 5.02 Å². The van der Waals surface area contributed by atoms with Crippen molar-refractivity contribution >= 4 is 28.7 Å². The smallest absolute Gasteiger partial charge is 0.287 e. The average molecular weight is 434 g/mol. The molecule has 0 unspecified atom stereocenters. The van der Waals surface area contributed by atoms with E-state index in [1.54, 1.807) is 4.57 Å². The summed E-state index contributed by atoms with van der Waals surface area (Å²) in [5.74, 6) is 0.130. The van der Waals surface area contributed by atoms with Crippen LogP contribution in [0.5, 0.6) is 0 Å². The second-order valence-electron chi connectivity index (χ2n) is 7.65. The van der Waals surface area contributed by atoms with Gasteiger partial charge < -0.3 is 14.8 Å². The number of nitrogens with zero attached hydrogens (tertiary/aromatic N) is 4. The first-order valence-corrected chi connectivity index (χ1v) is 10.4. The summed E-state index contributed by atoms with van der Waals surface area (Å²) >= 11 is 6.10. The summed E-state index contributed by atoms with van der Waals surface area (Å²) in [6.07, 6.45) is 0. The molecule has 0 radical (unpaired) electrons. The minimum atomic E-state index is -0.211. The Kier molecular flexibility index (Phi) is 6.02. The summed E-state index contributed by atoms with van der Waals surface area (Å²) in [4.78, 5) is 24.1. The Balaban J connectivity index is 1.82. The number of imidazole rings is 1. The van der Waals surface area contributed by atoms with Gasteiger partial charge in [0.1, 0.15) is 0 Å². The molecule has 4 aromatic rings. The molecule has 0 saturated carbocycles. The van der Waals surface area contributed by atoms with Gasteiger partial charge in [-0.2, -0.15) is 0 Å². The Hall–Kier alpha value is -3.22. The second kappa shape index (κ2) is 8.88. The lowest BCUT2D eigenvalue weighted by Crippen LogP contribution is -2.32. The van der Waals surface area contributed by atoms with E-state index in [9.17, 15) is 4.79 Å². The van der Waals surface area contributed by atoms with Crippen LogP contribution in [-0.4, -0.2) is 52.5 Å². The number of hydrogen-bond donors (Lipinski definition) is 1. The highest BCUT2D eigenvalue weighted by Gasteiger charge is 2.19. The van der Waals surface area contributed by atoms with Crippen molar-refractivity contribution in [3.8, 4) is 22.4 Å². The van der Waals surface area contributed by atoms with Crippen molar-refractivity contribution in [2.75, 3.05) is 27.2 Å². The number of benzene rings is 2. The molecule has 7 heteroatoms. The Morgan fingerprint density at radius 1 is 1.03 bits per heavy atom. The van der Waals surface area contributed by atoms with Crippen LogP contribution < -0.4 is 5.32 Å². The van der Waals surface area contributed by atoms with Gasteiger partial charge in [0, 0.05) is 36.3 Å². The largest absolute Gasteiger partial charge is 0.348 e. The van der Waals surface area contributed by atoms with Crippen molar-refractivity contribution in [3.63, 3.8) is 0 Å². The molecule has 0 fully saturated rings. The zero-order chi connectivity index (χ0) is 22.0. The molecule has 0 aliphatic carbocycles. The van der Waals surface area contributed by atoms with Crippen molar-refractivity contribution in [1.29, 1.82) is 0 Å². The molecule has 0 aliphatic heterocycles. The number of aryl methyl sites for hydroxylation is 1. The number of halogens is 1. The lowest BCUT2D eigenvalue weighted by Gasteiger charge is -2.11. The quantitative estimate of drug-likeness (QED) is 0.493. The predicted octanol–water partition coefficient (Wildman–Crippen LogP) is 4.25. The Morgan fingerprint density at radius 2 is 1.74 bits per heavy atom. The van der Waals surface area contributed by atoms with E-state index in [4.69, 9.17) is 16.6 Å². The van der Waals surface area contributed by atoms with Gasteiger partial charge in [0.2, 0.25) is 5.82 Å². The number of amides is 1. The molecule has 0 bridgehead atoms. The maximum atomic E-state index is 12.7. The lowest BCUT2D eigenvalue weighted by molar-refractivity contribution is 0.0938. The van der Waals surface area contributed by atoms with Gasteiger partial charge in [-0.25, -0.2) is 9.97 Å². The van der Waals surface area contributed by atoms with Gasteiger partial charge in [-0.3, -0.25) is 4.79 Å². The zero-order valence-corrected chi connectivity index (χ0v) is 18.5. The van der Waals surface area contributed by atoms with E-state index in [1.165, 1.54) is 0 Å². The van der Waals surface area contributed by atoms with Crippen LogP contribution >= 0.6 is 11.6 Å². The molecule has 0 spiro atoms. The van der Waals surface area contributed by atoms with Crippen LogP contribution in [0, 0.1) is 0 Å². The van der Waals surface area contributed by atoms with Crippen LogP contribution in [0.3, 0.4) is 0 Å². The molecule has 158 valence electrons. The molecule has 0 atom stereocenters. The van der Waals surface area contributed by atoms with Crippen LogP contribution in [0.25, 0.3) is 33.5 Å². The maximum Gasteiger partial charge on any atom is 0.287 e. The van der Waals surface area contributed by atoms with E-state index in [-0.39, 0.29) is 5.91 Å². The predicted molar refractivity (Wildman–Crippen MR) is 125 cm³/mol. The van der Waals surface area contributed by atoms with Gasteiger partial charge in [0.15, 0.2) is 5.65 Å². The molecular weight excluding hydrogens is 410 g/mol. The minimum absolute atomic E-state index is 0.211. The van der Waals surface area contributed by atoms with Gasteiger partial charge in [-0.1, -0.05) is 54.1 Å². The lowest BCUT2D eigenvalue weighted by atomic mass is 9.99. The number of likely N-dealkylation sites (N-methyl/N-ethyl adjacent to an activating group) is 1. The fourth-order valence-electron chi connectivity index (χ4n) is 3.45. The van der Waals surface area contributed by atoms with E-state index >= 15 is 0 Å². The molecular formula is C24H24ClN5O. The summed E-state index contributed by atoms with van der Waals surface area (Å²) in [6, 6.07) is 19.7. The van der Waals surface area contributed by atoms with Gasteiger partial charge in [-0.05, 0) is 37.9 Å². The first-order valence-electron chi connectivity index (χ1n) is 10.1. The summed E-state index contributed by atoms with van der Waals surface area (Å²) < 4.78 is 1.79. The van der Waals surface area contributed by atoms with Crippen molar-refractivity contribution < 1.29 is 4.79 Å². The molecule has 31 heavy (non-hydrogen) atoms. The van der Waals surface area contributed by atoms with Crippen LogP contribution in [0.15, 0.2) is 60.7 Å². The fraction of sp³-hybridized carbons (Fsp3) is 0.208. The van der Waals surface area contributed by atoms with Crippen molar-refractivity contribution in [2.24, 2.45) is 7.05 Å². The Bertz CT molecular complexity index is 1220. The molecule has 2 aromatic carbocycles. The van der Waals surface area contributed by atoms with Crippen molar-refractivity contribution in [2.45, 2.75) is 0 Å². The van der Waals surface area contributed by atoms with E-state index in [1.807, 2.05) is 86.7 Å². The van der Waals surface area contributed by atoms with E-state index in [0.717, 1.165) is 34.4 Å². The first kappa shape index (κ1) is 21.0. The monoisotopic (exact) mass is 433 g/mol. The van der Waals surface area contributed by atoms with Gasteiger partial charge in [0.25, 0.3) is 5.91 Å². The van der Waals surface area contributed by atoms with Gasteiger partial charge in [-0.15, -0.1) is 0 Å². The molecule has 0 saturated heterocycles. The fourth-order valence-corrected chi connectivity index (χ4v) is 3.58. The molecule has 6 nitrogen and oxygen atoms in total. The molecule has 2 aromatic heterocycles. The van der Waals surface area contributed by atoms with Crippen LogP contribution in [-0.2, 0) is 7.05 Å². The summed E-state index contributed by atoms with van der Waals surface area (Å²) in [5, 5.41) is 3.60. The SMILES string of the molecule is CN(C)CCNC(=O)c1nc2nc(-c3ccccc3)c(-c3ccc(Cl)cc3)cc2n1C. The molecule has 1 amide bonds. The van der Waals surface area contributed by atoms with Crippen LogP contribution in [0.4, 0.5) is 0 Å². The van der Waals surface area contributed by atoms with E-state index in [2.05, 4.69) is 10.3 Å². The zero-order valence-electron chi connectivity index (χ0n) is 17.8. The molecule has 2 heterocycles. The number of rotatable bonds is 6. The number of carbonyl (C=O) groups excluding carboxylic acids is 1. The van der Waals surface area contributed by atoms with Crippen molar-refractivity contribution in [1.82, 2.24) is 24.8 Å². The minimum Gasteiger partial charge on any atom is -0.348 e. The second-order valence-corrected chi connectivity index (χ2v) is 8.09. The number of pyridine rings is 1. The van der Waals surface area contributed by atoms with Gasteiger partial charge >= 0.3 is 0 Å². The van der Waals surface area contributed by atoms with Crippen LogP contribution in [0.1, 0.15) is 10.6 Å². The van der Waals surface area contributed by atoms with E-state index in [0.29, 0.717) is 23.0 Å². The molecule has 1 N–H and O–H groups in total.